The highest BCUT2D eigenvalue weighted by molar-refractivity contribution is 7.92. The predicted molar refractivity (Wildman–Crippen MR) is 95.4 cm³/mol. The van der Waals surface area contributed by atoms with E-state index < -0.39 is 50.5 Å². The maximum atomic E-state index is 13.0. The lowest BCUT2D eigenvalue weighted by Gasteiger charge is -2.22. The number of carbonyl (C=O) groups is 1. The lowest BCUT2D eigenvalue weighted by molar-refractivity contribution is -0.384. The number of carbonyl (C=O) groups excluding carboxylic acids is 1. The SMILES string of the molecule is CS(=O)(=O)N(CC(=O)Nc1ccccc1C(F)(F)F)c1cccc([N+](=O)[O-])c1. The Labute approximate surface area is 157 Å². The van der Waals surface area contributed by atoms with Gasteiger partial charge in [0.15, 0.2) is 0 Å². The van der Waals surface area contributed by atoms with E-state index in [1.807, 2.05) is 5.32 Å². The van der Waals surface area contributed by atoms with E-state index >= 15 is 0 Å². The van der Waals surface area contributed by atoms with Crippen LogP contribution in [0, 0.1) is 10.1 Å². The maximum Gasteiger partial charge on any atom is 0.418 e. The van der Waals surface area contributed by atoms with Crippen LogP contribution >= 0.6 is 0 Å². The topological polar surface area (TPSA) is 110 Å². The summed E-state index contributed by atoms with van der Waals surface area (Å²) < 4.78 is 63.7. The molecule has 2 aromatic carbocycles. The zero-order valence-corrected chi connectivity index (χ0v) is 15.1. The summed E-state index contributed by atoms with van der Waals surface area (Å²) in [5.74, 6) is -1.05. The van der Waals surface area contributed by atoms with Crippen LogP contribution in [0.2, 0.25) is 0 Å². The highest BCUT2D eigenvalue weighted by atomic mass is 32.2. The van der Waals surface area contributed by atoms with Gasteiger partial charge in [-0.05, 0) is 18.2 Å². The smallest absolute Gasteiger partial charge is 0.324 e. The first-order valence-corrected chi connectivity index (χ1v) is 9.42. The Balaban J connectivity index is 2.31. The molecule has 0 aliphatic heterocycles. The van der Waals surface area contributed by atoms with Gasteiger partial charge in [0.25, 0.3) is 5.69 Å². The second kappa shape index (κ2) is 7.84. The molecule has 0 unspecified atom stereocenters. The summed E-state index contributed by atoms with van der Waals surface area (Å²) in [4.78, 5) is 22.3. The highest BCUT2D eigenvalue weighted by Crippen LogP contribution is 2.34. The molecule has 0 heterocycles. The molecule has 0 bridgehead atoms. The fraction of sp³-hybridized carbons (Fsp3) is 0.188. The molecule has 0 saturated heterocycles. The number of hydrogen-bond acceptors (Lipinski definition) is 5. The summed E-state index contributed by atoms with van der Waals surface area (Å²) >= 11 is 0. The number of nitro benzene ring substituents is 1. The lowest BCUT2D eigenvalue weighted by atomic mass is 10.1. The largest absolute Gasteiger partial charge is 0.418 e. The van der Waals surface area contributed by atoms with Gasteiger partial charge in [0.1, 0.15) is 6.54 Å². The first kappa shape index (κ1) is 21.2. The molecule has 0 saturated carbocycles. The Bertz CT molecular complexity index is 1010. The van der Waals surface area contributed by atoms with Gasteiger partial charge in [-0.25, -0.2) is 8.42 Å². The van der Waals surface area contributed by atoms with Crippen LogP contribution in [0.1, 0.15) is 5.56 Å². The number of non-ortho nitro benzene ring substituents is 1. The summed E-state index contributed by atoms with van der Waals surface area (Å²) in [7, 11) is -4.06. The molecule has 0 aromatic heterocycles. The van der Waals surface area contributed by atoms with Gasteiger partial charge in [-0.2, -0.15) is 13.2 Å². The van der Waals surface area contributed by atoms with E-state index in [1.165, 1.54) is 18.2 Å². The van der Waals surface area contributed by atoms with E-state index in [9.17, 15) is 36.5 Å². The molecule has 0 aliphatic carbocycles. The zero-order chi connectivity index (χ0) is 21.1. The Morgan fingerprint density at radius 3 is 2.39 bits per heavy atom. The molecule has 2 rings (SSSR count). The summed E-state index contributed by atoms with van der Waals surface area (Å²) in [5, 5.41) is 12.9. The standard InChI is InChI=1S/C16H14F3N3O5S/c1-28(26,27)21(11-5-4-6-12(9-11)22(24)25)10-15(23)20-14-8-3-2-7-13(14)16(17,18)19/h2-9H,10H2,1H3,(H,20,23). The maximum absolute atomic E-state index is 13.0. The number of halogens is 3. The molecular weight excluding hydrogens is 403 g/mol. The average molecular weight is 417 g/mol. The van der Waals surface area contributed by atoms with E-state index in [1.54, 1.807) is 0 Å². The third kappa shape index (κ3) is 5.19. The minimum Gasteiger partial charge on any atom is -0.324 e. The summed E-state index contributed by atoms with van der Waals surface area (Å²) in [6, 6.07) is 8.74. The molecule has 1 N–H and O–H groups in total. The second-order valence-electron chi connectivity index (χ2n) is 5.64. The molecule has 150 valence electrons. The van der Waals surface area contributed by atoms with Crippen molar-refractivity contribution in [2.45, 2.75) is 6.18 Å². The van der Waals surface area contributed by atoms with Crippen LogP contribution in [0.15, 0.2) is 48.5 Å². The van der Waals surface area contributed by atoms with Gasteiger partial charge in [0.05, 0.1) is 28.1 Å². The van der Waals surface area contributed by atoms with Crippen molar-refractivity contribution < 1.29 is 31.3 Å². The number of anilines is 2. The molecule has 2 aromatic rings. The minimum absolute atomic E-state index is 0.170. The van der Waals surface area contributed by atoms with Crippen LogP contribution in [0.3, 0.4) is 0 Å². The number of alkyl halides is 3. The summed E-state index contributed by atoms with van der Waals surface area (Å²) in [5.41, 5.74) is -2.21. The number of hydrogen-bond donors (Lipinski definition) is 1. The van der Waals surface area contributed by atoms with E-state index in [4.69, 9.17) is 0 Å². The van der Waals surface area contributed by atoms with Gasteiger partial charge in [-0.1, -0.05) is 18.2 Å². The second-order valence-corrected chi connectivity index (χ2v) is 7.54. The normalized spacial score (nSPS) is 11.7. The number of benzene rings is 2. The molecule has 28 heavy (non-hydrogen) atoms. The summed E-state index contributed by atoms with van der Waals surface area (Å²) in [6.45, 7) is -0.869. The molecule has 0 fully saturated rings. The van der Waals surface area contributed by atoms with Crippen molar-refractivity contribution in [1.82, 2.24) is 0 Å². The third-order valence-corrected chi connectivity index (χ3v) is 4.66. The quantitative estimate of drug-likeness (QED) is 0.574. The van der Waals surface area contributed by atoms with Gasteiger partial charge in [0.2, 0.25) is 15.9 Å². The third-order valence-electron chi connectivity index (χ3n) is 3.52. The Morgan fingerprint density at radius 2 is 1.82 bits per heavy atom. The number of nitro groups is 1. The van der Waals surface area contributed by atoms with Crippen LogP contribution in [-0.2, 0) is 21.0 Å². The summed E-state index contributed by atoms with van der Waals surface area (Å²) in [6.07, 6.45) is -3.96. The highest BCUT2D eigenvalue weighted by Gasteiger charge is 2.34. The van der Waals surface area contributed by atoms with Crippen LogP contribution in [0.25, 0.3) is 0 Å². The Morgan fingerprint density at radius 1 is 1.18 bits per heavy atom. The van der Waals surface area contributed by atoms with Crippen molar-refractivity contribution in [3.05, 3.63) is 64.2 Å². The van der Waals surface area contributed by atoms with Gasteiger partial charge in [-0.3, -0.25) is 19.2 Å². The van der Waals surface area contributed by atoms with Crippen LogP contribution < -0.4 is 9.62 Å². The molecule has 0 radical (unpaired) electrons. The van der Waals surface area contributed by atoms with Gasteiger partial charge >= 0.3 is 6.18 Å². The van der Waals surface area contributed by atoms with Crippen molar-refractivity contribution >= 4 is 33.0 Å². The van der Waals surface area contributed by atoms with Crippen molar-refractivity contribution in [2.75, 3.05) is 22.4 Å². The van der Waals surface area contributed by atoms with Gasteiger partial charge in [-0.15, -0.1) is 0 Å². The fourth-order valence-corrected chi connectivity index (χ4v) is 3.17. The minimum atomic E-state index is -4.72. The number of rotatable bonds is 6. The number of nitrogens with zero attached hydrogens (tertiary/aromatic N) is 2. The predicted octanol–water partition coefficient (Wildman–Crippen LogP) is 3.02. The molecule has 0 aliphatic rings. The molecule has 0 atom stereocenters. The van der Waals surface area contributed by atoms with Crippen molar-refractivity contribution in [1.29, 1.82) is 0 Å². The first-order valence-electron chi connectivity index (χ1n) is 7.58. The average Bonchev–Trinajstić information content (AvgIpc) is 2.58. The van der Waals surface area contributed by atoms with E-state index in [0.29, 0.717) is 4.31 Å². The molecule has 0 spiro atoms. The van der Waals surface area contributed by atoms with Gasteiger partial charge < -0.3 is 5.32 Å². The van der Waals surface area contributed by atoms with Crippen LogP contribution in [-0.4, -0.2) is 32.0 Å². The Kier molecular flexibility index (Phi) is 5.92. The molecule has 12 heteroatoms. The fourth-order valence-electron chi connectivity index (χ4n) is 2.32. The number of sulfonamides is 1. The molecular formula is C16H14F3N3O5S. The zero-order valence-electron chi connectivity index (χ0n) is 14.3. The number of para-hydroxylation sites is 1. The van der Waals surface area contributed by atoms with Crippen molar-refractivity contribution in [3.63, 3.8) is 0 Å². The monoisotopic (exact) mass is 417 g/mol. The van der Waals surface area contributed by atoms with E-state index in [2.05, 4.69) is 0 Å². The van der Waals surface area contributed by atoms with E-state index in [0.717, 1.165) is 36.6 Å². The lowest BCUT2D eigenvalue weighted by Crippen LogP contribution is -2.37. The van der Waals surface area contributed by atoms with E-state index in [-0.39, 0.29) is 5.69 Å². The van der Waals surface area contributed by atoms with Gasteiger partial charge in [0, 0.05) is 12.1 Å². The first-order chi connectivity index (χ1) is 12.9. The van der Waals surface area contributed by atoms with Crippen molar-refractivity contribution in [3.8, 4) is 0 Å². The number of nitrogens with one attached hydrogen (secondary N) is 1. The molecule has 1 amide bonds. The Hall–Kier alpha value is -3.15. The van der Waals surface area contributed by atoms with Crippen molar-refractivity contribution in [2.24, 2.45) is 0 Å². The molecule has 8 nitrogen and oxygen atoms in total. The van der Waals surface area contributed by atoms with Crippen LogP contribution in [0.4, 0.5) is 30.2 Å². The number of amides is 1. The van der Waals surface area contributed by atoms with Crippen LogP contribution in [0.5, 0.6) is 0 Å².